The van der Waals surface area contributed by atoms with Crippen LogP contribution in [0, 0.1) is 0 Å². The molecule has 0 saturated heterocycles. The van der Waals surface area contributed by atoms with Gasteiger partial charge in [-0.15, -0.1) is 0 Å². The van der Waals surface area contributed by atoms with Gasteiger partial charge < -0.3 is 9.84 Å². The Balaban J connectivity index is 2.47. The Morgan fingerprint density at radius 1 is 1.44 bits per heavy atom. The molecule has 0 bridgehead atoms. The first kappa shape index (κ1) is 11.2. The zero-order valence-corrected chi connectivity index (χ0v) is 9.38. The number of carbonyl (C=O) groups is 2. The summed E-state index contributed by atoms with van der Waals surface area (Å²) in [5.41, 5.74) is 0.480. The van der Waals surface area contributed by atoms with Crippen molar-refractivity contribution in [2.24, 2.45) is 0 Å². The lowest BCUT2D eigenvalue weighted by atomic mass is 10.0. The number of rotatable bonds is 1. The molecule has 0 amide bonds. The molecule has 2 rings (SSSR count). The normalized spacial score (nSPS) is 18.9. The average Bonchev–Trinajstić information content (AvgIpc) is 2.18. The second kappa shape index (κ2) is 3.96. The summed E-state index contributed by atoms with van der Waals surface area (Å²) in [5, 5.41) is 9.40. The summed E-state index contributed by atoms with van der Waals surface area (Å²) in [4.78, 5) is 22.2. The van der Waals surface area contributed by atoms with E-state index in [1.165, 1.54) is 12.1 Å². The lowest BCUT2D eigenvalue weighted by Crippen LogP contribution is -2.39. The first-order chi connectivity index (χ1) is 7.49. The van der Waals surface area contributed by atoms with E-state index in [0.29, 0.717) is 15.6 Å². The summed E-state index contributed by atoms with van der Waals surface area (Å²) in [5.74, 6) is -1.58. The molecule has 84 valence electrons. The Labute approximate surface area is 101 Å². The van der Waals surface area contributed by atoms with Gasteiger partial charge in [0, 0.05) is 22.0 Å². The molecular weight excluding hydrogens is 255 g/mol. The second-order valence-electron chi connectivity index (χ2n) is 3.34. The third-order valence-electron chi connectivity index (χ3n) is 2.23. The molecular formula is C10H6Cl2O4. The van der Waals surface area contributed by atoms with Crippen molar-refractivity contribution in [3.8, 4) is 5.75 Å². The highest BCUT2D eigenvalue weighted by atomic mass is 35.5. The Morgan fingerprint density at radius 3 is 2.75 bits per heavy atom. The van der Waals surface area contributed by atoms with Gasteiger partial charge in [0.25, 0.3) is 6.10 Å². The lowest BCUT2D eigenvalue weighted by molar-refractivity contribution is -0.150. The number of benzene rings is 1. The van der Waals surface area contributed by atoms with Gasteiger partial charge in [-0.3, -0.25) is 4.79 Å². The van der Waals surface area contributed by atoms with Crippen molar-refractivity contribution in [1.82, 2.24) is 0 Å². The van der Waals surface area contributed by atoms with Crippen LogP contribution in [0.1, 0.15) is 5.56 Å². The largest absolute Gasteiger partial charge is 0.478 e. The van der Waals surface area contributed by atoms with Crippen molar-refractivity contribution in [1.29, 1.82) is 0 Å². The summed E-state index contributed by atoms with van der Waals surface area (Å²) in [6, 6.07) is 2.94. The van der Waals surface area contributed by atoms with Crippen LogP contribution in [0.25, 0.3) is 0 Å². The topological polar surface area (TPSA) is 63.6 Å². The highest BCUT2D eigenvalue weighted by molar-refractivity contribution is 6.35. The fraction of sp³-hybridized carbons (Fsp3) is 0.200. The third kappa shape index (κ3) is 1.86. The van der Waals surface area contributed by atoms with E-state index in [2.05, 4.69) is 0 Å². The van der Waals surface area contributed by atoms with Gasteiger partial charge in [-0.1, -0.05) is 23.2 Å². The number of Topliss-reactive ketones (excluding diaryl/α,β-unsaturated/α-hetero) is 1. The molecule has 4 nitrogen and oxygen atoms in total. The Hall–Kier alpha value is -1.26. The lowest BCUT2D eigenvalue weighted by Gasteiger charge is -2.22. The van der Waals surface area contributed by atoms with E-state index in [-0.39, 0.29) is 12.2 Å². The van der Waals surface area contributed by atoms with Crippen LogP contribution in [0.2, 0.25) is 10.0 Å². The van der Waals surface area contributed by atoms with Gasteiger partial charge in [0.1, 0.15) is 5.75 Å². The minimum Gasteiger partial charge on any atom is -0.478 e. The molecule has 1 unspecified atom stereocenters. The zero-order chi connectivity index (χ0) is 11.9. The van der Waals surface area contributed by atoms with Gasteiger partial charge in [-0.25, -0.2) is 4.79 Å². The molecule has 0 fully saturated rings. The molecule has 0 saturated carbocycles. The Bertz CT molecular complexity index is 484. The van der Waals surface area contributed by atoms with Crippen LogP contribution in [0.15, 0.2) is 12.1 Å². The molecule has 1 aromatic rings. The standard InChI is InChI=1S/C10H6Cl2O4/c11-4-1-6(12)5-3-7(13)9(10(14)15)16-8(5)2-4/h1-2,9H,3H2,(H,14,15). The van der Waals surface area contributed by atoms with E-state index in [9.17, 15) is 9.59 Å². The molecule has 1 aliphatic rings. The van der Waals surface area contributed by atoms with Gasteiger partial charge >= 0.3 is 5.97 Å². The molecule has 0 spiro atoms. The fourth-order valence-electron chi connectivity index (χ4n) is 1.50. The summed E-state index contributed by atoms with van der Waals surface area (Å²) >= 11 is 11.6. The number of aliphatic carboxylic acids is 1. The van der Waals surface area contributed by atoms with Crippen molar-refractivity contribution in [3.63, 3.8) is 0 Å². The zero-order valence-electron chi connectivity index (χ0n) is 7.87. The molecule has 16 heavy (non-hydrogen) atoms. The molecule has 1 atom stereocenters. The summed E-state index contributed by atoms with van der Waals surface area (Å²) in [7, 11) is 0. The molecule has 0 aliphatic carbocycles. The Kier molecular flexibility index (Phi) is 2.78. The second-order valence-corrected chi connectivity index (χ2v) is 4.19. The van der Waals surface area contributed by atoms with E-state index >= 15 is 0 Å². The summed E-state index contributed by atoms with van der Waals surface area (Å²) < 4.78 is 5.05. The van der Waals surface area contributed by atoms with Crippen molar-refractivity contribution in [2.75, 3.05) is 0 Å². The number of carboxylic acids is 1. The van der Waals surface area contributed by atoms with Crippen molar-refractivity contribution < 1.29 is 19.4 Å². The SMILES string of the molecule is O=C(O)C1Oc2cc(Cl)cc(Cl)c2CC1=O. The average molecular weight is 261 g/mol. The highest BCUT2D eigenvalue weighted by Crippen LogP contribution is 2.35. The van der Waals surface area contributed by atoms with E-state index in [1.54, 1.807) is 0 Å². The predicted octanol–water partition coefficient (Wildman–Crippen LogP) is 1.95. The third-order valence-corrected chi connectivity index (χ3v) is 2.79. The molecule has 0 aromatic heterocycles. The number of hydrogen-bond donors (Lipinski definition) is 1. The first-order valence-corrected chi connectivity index (χ1v) is 5.14. The smallest absolute Gasteiger partial charge is 0.352 e. The number of fused-ring (bicyclic) bond motifs is 1. The van der Waals surface area contributed by atoms with Gasteiger partial charge in [-0.05, 0) is 12.1 Å². The van der Waals surface area contributed by atoms with Crippen LogP contribution < -0.4 is 4.74 Å². The fourth-order valence-corrected chi connectivity index (χ4v) is 2.05. The van der Waals surface area contributed by atoms with Crippen molar-refractivity contribution in [2.45, 2.75) is 12.5 Å². The van der Waals surface area contributed by atoms with Crippen LogP contribution in [-0.2, 0) is 16.0 Å². The number of halogens is 2. The molecule has 1 aromatic carbocycles. The number of ketones is 1. The molecule has 1 heterocycles. The number of carbonyl (C=O) groups excluding carboxylic acids is 1. The van der Waals surface area contributed by atoms with E-state index in [0.717, 1.165) is 0 Å². The molecule has 0 radical (unpaired) electrons. The van der Waals surface area contributed by atoms with Crippen LogP contribution >= 0.6 is 23.2 Å². The Morgan fingerprint density at radius 2 is 2.12 bits per heavy atom. The minimum atomic E-state index is -1.47. The van der Waals surface area contributed by atoms with E-state index in [4.69, 9.17) is 33.0 Å². The van der Waals surface area contributed by atoms with E-state index < -0.39 is 17.9 Å². The number of hydrogen-bond acceptors (Lipinski definition) is 3. The van der Waals surface area contributed by atoms with Crippen molar-refractivity contribution >= 4 is 35.0 Å². The summed E-state index contributed by atoms with van der Waals surface area (Å²) in [6.07, 6.45) is -1.52. The van der Waals surface area contributed by atoms with Crippen molar-refractivity contribution in [3.05, 3.63) is 27.7 Å². The van der Waals surface area contributed by atoms with Crippen LogP contribution in [0.4, 0.5) is 0 Å². The monoisotopic (exact) mass is 260 g/mol. The molecule has 1 aliphatic heterocycles. The number of ether oxygens (including phenoxy) is 1. The maximum atomic E-state index is 11.4. The van der Waals surface area contributed by atoms with Crippen LogP contribution in [0.5, 0.6) is 5.75 Å². The molecule has 6 heteroatoms. The van der Waals surface area contributed by atoms with Gasteiger partial charge in [0.15, 0.2) is 5.78 Å². The molecule has 1 N–H and O–H groups in total. The van der Waals surface area contributed by atoms with Crippen LogP contribution in [0.3, 0.4) is 0 Å². The summed E-state index contributed by atoms with van der Waals surface area (Å²) in [6.45, 7) is 0. The van der Waals surface area contributed by atoms with Gasteiger partial charge in [0.05, 0.1) is 0 Å². The quantitative estimate of drug-likeness (QED) is 0.785. The number of carboxylic acid groups (broad SMARTS) is 1. The van der Waals surface area contributed by atoms with E-state index in [1.807, 2.05) is 0 Å². The maximum Gasteiger partial charge on any atom is 0.352 e. The van der Waals surface area contributed by atoms with Gasteiger partial charge in [-0.2, -0.15) is 0 Å². The highest BCUT2D eigenvalue weighted by Gasteiger charge is 2.34. The van der Waals surface area contributed by atoms with Gasteiger partial charge in [0.2, 0.25) is 0 Å². The first-order valence-electron chi connectivity index (χ1n) is 4.39. The maximum absolute atomic E-state index is 11.4. The minimum absolute atomic E-state index is 0.0533. The van der Waals surface area contributed by atoms with Crippen LogP contribution in [-0.4, -0.2) is 23.0 Å². The predicted molar refractivity (Wildman–Crippen MR) is 57.2 cm³/mol.